The Bertz CT molecular complexity index is 279. The van der Waals surface area contributed by atoms with Gasteiger partial charge in [0.15, 0.2) is 0 Å². The quantitative estimate of drug-likeness (QED) is 0.738. The Kier molecular flexibility index (Phi) is 4.35. The first-order valence-corrected chi connectivity index (χ1v) is 4.58. The van der Waals surface area contributed by atoms with Gasteiger partial charge in [-0.25, -0.2) is 0 Å². The smallest absolute Gasteiger partial charge is 0.0717 e. The molecule has 0 bridgehead atoms. The molecule has 0 aliphatic carbocycles. The minimum Gasteiger partial charge on any atom is -0.392 e. The summed E-state index contributed by atoms with van der Waals surface area (Å²) in [5, 5.41) is 12.2. The largest absolute Gasteiger partial charge is 0.392 e. The Morgan fingerprint density at radius 2 is 2.43 bits per heavy atom. The molecule has 0 radical (unpaired) electrons. The summed E-state index contributed by atoms with van der Waals surface area (Å²) in [6.45, 7) is 2.69. The third-order valence-electron chi connectivity index (χ3n) is 2.06. The molecule has 0 aromatic carbocycles. The van der Waals surface area contributed by atoms with E-state index in [4.69, 9.17) is 9.84 Å². The van der Waals surface area contributed by atoms with Crippen LogP contribution in [0, 0.1) is 0 Å². The maximum Gasteiger partial charge on any atom is 0.0717 e. The van der Waals surface area contributed by atoms with Crippen molar-refractivity contribution in [3.05, 3.63) is 24.0 Å². The zero-order valence-corrected chi connectivity index (χ0v) is 8.53. The standard InChI is InChI=1S/C10H16N2O2/c1-8(14-2)5-12-10-3-4-11-6-9(10)7-13/h3-4,6,8,13H,5,7H2,1-2H3,(H,11,12). The van der Waals surface area contributed by atoms with Crippen molar-refractivity contribution in [1.29, 1.82) is 0 Å². The van der Waals surface area contributed by atoms with Gasteiger partial charge >= 0.3 is 0 Å². The normalized spacial score (nSPS) is 12.5. The summed E-state index contributed by atoms with van der Waals surface area (Å²) in [5.74, 6) is 0. The van der Waals surface area contributed by atoms with Gasteiger partial charge in [0, 0.05) is 37.3 Å². The molecule has 1 heterocycles. The summed E-state index contributed by atoms with van der Waals surface area (Å²) in [7, 11) is 1.67. The Morgan fingerprint density at radius 3 is 3.07 bits per heavy atom. The van der Waals surface area contributed by atoms with Crippen LogP contribution in [-0.2, 0) is 11.3 Å². The number of aromatic nitrogens is 1. The van der Waals surface area contributed by atoms with Gasteiger partial charge < -0.3 is 15.2 Å². The Hall–Kier alpha value is -1.13. The van der Waals surface area contributed by atoms with Crippen LogP contribution in [0.2, 0.25) is 0 Å². The van der Waals surface area contributed by atoms with Crippen LogP contribution in [0.25, 0.3) is 0 Å². The Labute approximate surface area is 83.9 Å². The second-order valence-corrected chi connectivity index (χ2v) is 3.12. The van der Waals surface area contributed by atoms with Gasteiger partial charge in [-0.05, 0) is 13.0 Å². The van der Waals surface area contributed by atoms with Crippen molar-refractivity contribution in [2.45, 2.75) is 19.6 Å². The number of rotatable bonds is 5. The molecular weight excluding hydrogens is 180 g/mol. The summed E-state index contributed by atoms with van der Waals surface area (Å²) < 4.78 is 5.10. The third kappa shape index (κ3) is 2.97. The molecule has 0 amide bonds. The molecular formula is C10H16N2O2. The number of hydrogen-bond acceptors (Lipinski definition) is 4. The van der Waals surface area contributed by atoms with Crippen LogP contribution >= 0.6 is 0 Å². The van der Waals surface area contributed by atoms with Gasteiger partial charge in [-0.1, -0.05) is 0 Å². The first-order valence-electron chi connectivity index (χ1n) is 4.58. The van der Waals surface area contributed by atoms with E-state index >= 15 is 0 Å². The Balaban J connectivity index is 2.57. The minimum absolute atomic E-state index is 0.00244. The first-order chi connectivity index (χ1) is 6.77. The SMILES string of the molecule is COC(C)CNc1ccncc1CO. The molecule has 0 saturated heterocycles. The summed E-state index contributed by atoms with van der Waals surface area (Å²) >= 11 is 0. The van der Waals surface area contributed by atoms with E-state index in [0.29, 0.717) is 6.54 Å². The van der Waals surface area contributed by atoms with Crippen LogP contribution in [-0.4, -0.2) is 29.8 Å². The molecule has 1 rings (SSSR count). The second-order valence-electron chi connectivity index (χ2n) is 3.12. The van der Waals surface area contributed by atoms with Gasteiger partial charge in [-0.2, -0.15) is 0 Å². The summed E-state index contributed by atoms with van der Waals surface area (Å²) in [6.07, 6.45) is 3.49. The second kappa shape index (κ2) is 5.57. The Morgan fingerprint density at radius 1 is 1.64 bits per heavy atom. The van der Waals surface area contributed by atoms with Crippen LogP contribution in [0.15, 0.2) is 18.5 Å². The van der Waals surface area contributed by atoms with Gasteiger partial charge in [-0.15, -0.1) is 0 Å². The van der Waals surface area contributed by atoms with E-state index in [0.717, 1.165) is 11.3 Å². The van der Waals surface area contributed by atoms with Gasteiger partial charge in [0.25, 0.3) is 0 Å². The zero-order chi connectivity index (χ0) is 10.4. The highest BCUT2D eigenvalue weighted by Crippen LogP contribution is 2.12. The van der Waals surface area contributed by atoms with Crippen molar-refractivity contribution < 1.29 is 9.84 Å². The highest BCUT2D eigenvalue weighted by Gasteiger charge is 2.02. The lowest BCUT2D eigenvalue weighted by Gasteiger charge is -2.13. The third-order valence-corrected chi connectivity index (χ3v) is 2.06. The number of hydrogen-bond donors (Lipinski definition) is 2. The number of pyridine rings is 1. The average Bonchev–Trinajstić information content (AvgIpc) is 2.26. The van der Waals surface area contributed by atoms with E-state index in [1.165, 1.54) is 0 Å². The predicted molar refractivity (Wildman–Crippen MR) is 55.1 cm³/mol. The molecule has 1 aromatic rings. The minimum atomic E-state index is -0.00244. The lowest BCUT2D eigenvalue weighted by molar-refractivity contribution is 0.128. The molecule has 0 saturated carbocycles. The number of aliphatic hydroxyl groups is 1. The van der Waals surface area contributed by atoms with Gasteiger partial charge in [0.05, 0.1) is 12.7 Å². The number of nitrogens with zero attached hydrogens (tertiary/aromatic N) is 1. The molecule has 1 aromatic heterocycles. The van der Waals surface area contributed by atoms with Crippen LogP contribution in [0.4, 0.5) is 5.69 Å². The number of aliphatic hydroxyl groups excluding tert-OH is 1. The molecule has 78 valence electrons. The lowest BCUT2D eigenvalue weighted by atomic mass is 10.2. The summed E-state index contributed by atoms with van der Waals surface area (Å²) in [6, 6.07) is 1.84. The van der Waals surface area contributed by atoms with Crippen molar-refractivity contribution in [1.82, 2.24) is 4.98 Å². The molecule has 0 fully saturated rings. The summed E-state index contributed by atoms with van der Waals surface area (Å²) in [5.41, 5.74) is 1.71. The van der Waals surface area contributed by atoms with Crippen LogP contribution in [0.5, 0.6) is 0 Å². The number of nitrogens with one attached hydrogen (secondary N) is 1. The van der Waals surface area contributed by atoms with Gasteiger partial charge in [0.1, 0.15) is 0 Å². The fraction of sp³-hybridized carbons (Fsp3) is 0.500. The lowest BCUT2D eigenvalue weighted by Crippen LogP contribution is -2.18. The number of anilines is 1. The maximum absolute atomic E-state index is 9.03. The molecule has 0 aliphatic heterocycles. The van der Waals surface area contributed by atoms with E-state index in [9.17, 15) is 0 Å². The van der Waals surface area contributed by atoms with Crippen molar-refractivity contribution in [3.8, 4) is 0 Å². The van der Waals surface area contributed by atoms with Crippen molar-refractivity contribution in [2.24, 2.45) is 0 Å². The monoisotopic (exact) mass is 196 g/mol. The molecule has 4 nitrogen and oxygen atoms in total. The first kappa shape index (κ1) is 10.9. The average molecular weight is 196 g/mol. The maximum atomic E-state index is 9.03. The molecule has 14 heavy (non-hydrogen) atoms. The molecule has 1 atom stereocenters. The van der Waals surface area contributed by atoms with E-state index in [-0.39, 0.29) is 12.7 Å². The number of methoxy groups -OCH3 is 1. The highest BCUT2D eigenvalue weighted by atomic mass is 16.5. The van der Waals surface area contributed by atoms with Crippen molar-refractivity contribution in [3.63, 3.8) is 0 Å². The van der Waals surface area contributed by atoms with E-state index in [1.807, 2.05) is 13.0 Å². The fourth-order valence-electron chi connectivity index (χ4n) is 1.06. The predicted octanol–water partition coefficient (Wildman–Crippen LogP) is 1.02. The van der Waals surface area contributed by atoms with E-state index in [1.54, 1.807) is 19.5 Å². The topological polar surface area (TPSA) is 54.4 Å². The van der Waals surface area contributed by atoms with Gasteiger partial charge in [0.2, 0.25) is 0 Å². The van der Waals surface area contributed by atoms with Crippen LogP contribution in [0.1, 0.15) is 12.5 Å². The molecule has 4 heteroatoms. The molecule has 1 unspecified atom stereocenters. The summed E-state index contributed by atoms with van der Waals surface area (Å²) in [4.78, 5) is 3.93. The molecule has 0 spiro atoms. The van der Waals surface area contributed by atoms with E-state index < -0.39 is 0 Å². The molecule has 2 N–H and O–H groups in total. The highest BCUT2D eigenvalue weighted by molar-refractivity contribution is 5.49. The van der Waals surface area contributed by atoms with Gasteiger partial charge in [-0.3, -0.25) is 4.98 Å². The van der Waals surface area contributed by atoms with Crippen LogP contribution in [0.3, 0.4) is 0 Å². The molecule has 0 aliphatic rings. The van der Waals surface area contributed by atoms with Crippen molar-refractivity contribution in [2.75, 3.05) is 19.0 Å². The zero-order valence-electron chi connectivity index (χ0n) is 8.53. The van der Waals surface area contributed by atoms with Crippen molar-refractivity contribution >= 4 is 5.69 Å². The number of ether oxygens (including phenoxy) is 1. The fourth-order valence-corrected chi connectivity index (χ4v) is 1.06. The van der Waals surface area contributed by atoms with E-state index in [2.05, 4.69) is 10.3 Å². The van der Waals surface area contributed by atoms with Crippen LogP contribution < -0.4 is 5.32 Å².